The van der Waals surface area contributed by atoms with E-state index in [-0.39, 0.29) is 18.8 Å². The molecule has 1 N–H and O–H groups in total. The molecule has 2 atom stereocenters. The zero-order valence-electron chi connectivity index (χ0n) is 10.9. The Hall–Kier alpha value is -0.160. The Kier molecular flexibility index (Phi) is 6.28. The number of aliphatic hydroxyl groups is 1. The van der Waals surface area contributed by atoms with E-state index in [1.54, 1.807) is 0 Å². The minimum absolute atomic E-state index is 0.000420. The number of hydrogen-bond acceptors (Lipinski definition) is 4. The number of rotatable bonds is 6. The molecule has 1 fully saturated rings. The van der Waals surface area contributed by atoms with Gasteiger partial charge in [0.05, 0.1) is 18.8 Å². The number of likely N-dealkylation sites (N-methyl/N-ethyl adjacent to an activating group) is 1. The molecule has 96 valence electrons. The molecule has 0 aromatic rings. The molecule has 0 saturated carbocycles. The highest BCUT2D eigenvalue weighted by molar-refractivity contribution is 4.75. The zero-order valence-corrected chi connectivity index (χ0v) is 10.9. The third kappa shape index (κ3) is 4.37. The van der Waals surface area contributed by atoms with Gasteiger partial charge in [-0.25, -0.2) is 0 Å². The summed E-state index contributed by atoms with van der Waals surface area (Å²) in [6, 6.07) is 0. The van der Waals surface area contributed by atoms with Crippen molar-refractivity contribution in [3.63, 3.8) is 0 Å². The maximum absolute atomic E-state index is 9.13. The van der Waals surface area contributed by atoms with Gasteiger partial charge in [-0.15, -0.1) is 0 Å². The molecule has 1 rings (SSSR count). The Morgan fingerprint density at radius 2 is 2.00 bits per heavy atom. The van der Waals surface area contributed by atoms with Gasteiger partial charge in [-0.1, -0.05) is 13.8 Å². The van der Waals surface area contributed by atoms with Crippen LogP contribution < -0.4 is 0 Å². The number of ether oxygens (including phenoxy) is 1. The van der Waals surface area contributed by atoms with Crippen LogP contribution >= 0.6 is 0 Å². The fourth-order valence-electron chi connectivity index (χ4n) is 2.25. The lowest BCUT2D eigenvalue weighted by molar-refractivity contribution is -0.0959. The van der Waals surface area contributed by atoms with Gasteiger partial charge < -0.3 is 14.7 Å². The van der Waals surface area contributed by atoms with Crippen molar-refractivity contribution < 1.29 is 9.84 Å². The minimum atomic E-state index is 0.000420. The molecule has 4 nitrogen and oxygen atoms in total. The van der Waals surface area contributed by atoms with Crippen LogP contribution in [0.25, 0.3) is 0 Å². The molecule has 1 aliphatic heterocycles. The summed E-state index contributed by atoms with van der Waals surface area (Å²) in [6.45, 7) is 12.9. The van der Waals surface area contributed by atoms with Gasteiger partial charge >= 0.3 is 0 Å². The van der Waals surface area contributed by atoms with E-state index in [9.17, 15) is 0 Å². The van der Waals surface area contributed by atoms with Crippen molar-refractivity contribution in [2.45, 2.75) is 33.0 Å². The van der Waals surface area contributed by atoms with Crippen LogP contribution in [-0.2, 0) is 4.74 Å². The van der Waals surface area contributed by atoms with Crippen LogP contribution in [0.2, 0.25) is 0 Å². The van der Waals surface area contributed by atoms with E-state index in [4.69, 9.17) is 9.84 Å². The molecule has 0 aliphatic carbocycles. The second-order valence-corrected chi connectivity index (χ2v) is 4.54. The van der Waals surface area contributed by atoms with Crippen molar-refractivity contribution in [2.75, 3.05) is 45.9 Å². The van der Waals surface area contributed by atoms with Gasteiger partial charge in [-0.2, -0.15) is 0 Å². The standard InChI is InChI=1S/C12H26N2O2/c1-4-13(5-2)6-7-14-8-11(3)16-12(9-14)10-15/h11-12,15H,4-10H2,1-3H3. The highest BCUT2D eigenvalue weighted by Crippen LogP contribution is 2.10. The van der Waals surface area contributed by atoms with Crippen LogP contribution in [0.3, 0.4) is 0 Å². The van der Waals surface area contributed by atoms with E-state index < -0.39 is 0 Å². The molecule has 0 amide bonds. The van der Waals surface area contributed by atoms with Crippen LogP contribution in [0.4, 0.5) is 0 Å². The van der Waals surface area contributed by atoms with Gasteiger partial charge in [0.25, 0.3) is 0 Å². The zero-order chi connectivity index (χ0) is 12.0. The summed E-state index contributed by atoms with van der Waals surface area (Å²) in [5.74, 6) is 0. The van der Waals surface area contributed by atoms with Gasteiger partial charge in [0.15, 0.2) is 0 Å². The Balaban J connectivity index is 2.30. The van der Waals surface area contributed by atoms with Crippen LogP contribution in [0.1, 0.15) is 20.8 Å². The van der Waals surface area contributed by atoms with E-state index in [0.29, 0.717) is 0 Å². The summed E-state index contributed by atoms with van der Waals surface area (Å²) in [6.07, 6.45) is 0.239. The SMILES string of the molecule is CCN(CC)CCN1CC(C)OC(CO)C1. The highest BCUT2D eigenvalue weighted by Gasteiger charge is 2.24. The van der Waals surface area contributed by atoms with Crippen molar-refractivity contribution in [1.29, 1.82) is 0 Å². The Labute approximate surface area is 99.2 Å². The molecule has 0 spiro atoms. The molecule has 4 heteroatoms. The van der Waals surface area contributed by atoms with Gasteiger partial charge in [0, 0.05) is 26.2 Å². The van der Waals surface area contributed by atoms with Gasteiger partial charge in [-0.3, -0.25) is 4.90 Å². The van der Waals surface area contributed by atoms with Gasteiger partial charge in [0.1, 0.15) is 0 Å². The lowest BCUT2D eigenvalue weighted by Gasteiger charge is -2.36. The number of nitrogens with zero attached hydrogens (tertiary/aromatic N) is 2. The maximum Gasteiger partial charge on any atom is 0.0936 e. The summed E-state index contributed by atoms with van der Waals surface area (Å²) in [4.78, 5) is 4.82. The number of hydrogen-bond donors (Lipinski definition) is 1. The first-order chi connectivity index (χ1) is 7.69. The topological polar surface area (TPSA) is 35.9 Å². The van der Waals surface area contributed by atoms with E-state index in [1.807, 2.05) is 0 Å². The molecular weight excluding hydrogens is 204 g/mol. The van der Waals surface area contributed by atoms with Crippen LogP contribution in [0, 0.1) is 0 Å². The van der Waals surface area contributed by atoms with Crippen LogP contribution in [0.15, 0.2) is 0 Å². The number of morpholine rings is 1. The third-order valence-electron chi connectivity index (χ3n) is 3.23. The molecule has 1 aliphatic rings. The Morgan fingerprint density at radius 1 is 1.31 bits per heavy atom. The second-order valence-electron chi connectivity index (χ2n) is 4.54. The first kappa shape index (κ1) is 13.9. The summed E-state index contributed by atoms with van der Waals surface area (Å²) in [5, 5.41) is 9.13. The van der Waals surface area contributed by atoms with Crippen molar-refractivity contribution in [2.24, 2.45) is 0 Å². The molecule has 16 heavy (non-hydrogen) atoms. The molecule has 0 aromatic carbocycles. The lowest BCUT2D eigenvalue weighted by atomic mass is 10.2. The predicted octanol–water partition coefficient (Wildman–Crippen LogP) is 0.410. The summed E-state index contributed by atoms with van der Waals surface area (Å²) in [5.41, 5.74) is 0. The van der Waals surface area contributed by atoms with Crippen molar-refractivity contribution >= 4 is 0 Å². The largest absolute Gasteiger partial charge is 0.394 e. The first-order valence-electron chi connectivity index (χ1n) is 6.40. The average Bonchev–Trinajstić information content (AvgIpc) is 2.29. The molecule has 0 aromatic heterocycles. The normalized spacial score (nSPS) is 27.6. The van der Waals surface area contributed by atoms with E-state index in [2.05, 4.69) is 30.6 Å². The predicted molar refractivity (Wildman–Crippen MR) is 65.6 cm³/mol. The monoisotopic (exact) mass is 230 g/mol. The van der Waals surface area contributed by atoms with Crippen molar-refractivity contribution in [3.05, 3.63) is 0 Å². The summed E-state index contributed by atoms with van der Waals surface area (Å²) < 4.78 is 5.62. The first-order valence-corrected chi connectivity index (χ1v) is 6.40. The second kappa shape index (κ2) is 7.22. The quantitative estimate of drug-likeness (QED) is 0.717. The fraction of sp³-hybridized carbons (Fsp3) is 1.00. The highest BCUT2D eigenvalue weighted by atomic mass is 16.5. The molecule has 1 saturated heterocycles. The van der Waals surface area contributed by atoms with E-state index in [0.717, 1.165) is 39.3 Å². The molecule has 0 radical (unpaired) electrons. The molecule has 1 heterocycles. The Morgan fingerprint density at radius 3 is 2.56 bits per heavy atom. The smallest absolute Gasteiger partial charge is 0.0936 e. The minimum Gasteiger partial charge on any atom is -0.394 e. The molecule has 2 unspecified atom stereocenters. The molecule has 0 bridgehead atoms. The molecular formula is C12H26N2O2. The third-order valence-corrected chi connectivity index (χ3v) is 3.23. The average molecular weight is 230 g/mol. The van der Waals surface area contributed by atoms with Crippen molar-refractivity contribution in [1.82, 2.24) is 9.80 Å². The van der Waals surface area contributed by atoms with E-state index >= 15 is 0 Å². The van der Waals surface area contributed by atoms with Crippen molar-refractivity contribution in [3.8, 4) is 0 Å². The summed E-state index contributed by atoms with van der Waals surface area (Å²) >= 11 is 0. The van der Waals surface area contributed by atoms with Gasteiger partial charge in [0.2, 0.25) is 0 Å². The van der Waals surface area contributed by atoms with E-state index in [1.165, 1.54) is 0 Å². The van der Waals surface area contributed by atoms with Crippen LogP contribution in [0.5, 0.6) is 0 Å². The Bertz CT molecular complexity index is 186. The van der Waals surface area contributed by atoms with Gasteiger partial charge in [-0.05, 0) is 20.0 Å². The lowest BCUT2D eigenvalue weighted by Crippen LogP contribution is -2.49. The number of aliphatic hydroxyl groups excluding tert-OH is 1. The summed E-state index contributed by atoms with van der Waals surface area (Å²) in [7, 11) is 0. The maximum atomic E-state index is 9.13. The fourth-order valence-corrected chi connectivity index (χ4v) is 2.25. The van der Waals surface area contributed by atoms with Crippen LogP contribution in [-0.4, -0.2) is 73.0 Å².